The topological polar surface area (TPSA) is 49.3 Å². The molecule has 0 aliphatic rings. The van der Waals surface area contributed by atoms with Crippen molar-refractivity contribution in [3.05, 3.63) is 65.7 Å². The van der Waals surface area contributed by atoms with Gasteiger partial charge in [0.25, 0.3) is 0 Å². The summed E-state index contributed by atoms with van der Waals surface area (Å²) in [5, 5.41) is 12.2. The lowest BCUT2D eigenvalue weighted by molar-refractivity contribution is -0.121. The highest BCUT2D eigenvalue weighted by Crippen LogP contribution is 2.11. The molecule has 104 valence electrons. The van der Waals surface area contributed by atoms with Crippen LogP contribution in [0.5, 0.6) is 5.75 Å². The molecule has 1 atom stereocenters. The SMILES string of the molecule is CC(Cc1ccc(O)cc1)NC(=O)Cc1ccccc1. The number of rotatable bonds is 5. The summed E-state index contributed by atoms with van der Waals surface area (Å²) >= 11 is 0. The summed E-state index contributed by atoms with van der Waals surface area (Å²) in [6, 6.07) is 16.8. The van der Waals surface area contributed by atoms with Gasteiger partial charge in [0.2, 0.25) is 5.91 Å². The van der Waals surface area contributed by atoms with Crippen LogP contribution in [0.4, 0.5) is 0 Å². The molecular weight excluding hydrogens is 250 g/mol. The zero-order valence-corrected chi connectivity index (χ0v) is 11.5. The molecule has 0 aromatic heterocycles. The van der Waals surface area contributed by atoms with Gasteiger partial charge >= 0.3 is 0 Å². The van der Waals surface area contributed by atoms with Crippen LogP contribution in [0.2, 0.25) is 0 Å². The van der Waals surface area contributed by atoms with E-state index in [0.29, 0.717) is 6.42 Å². The van der Waals surface area contributed by atoms with Crippen LogP contribution in [-0.4, -0.2) is 17.1 Å². The van der Waals surface area contributed by atoms with Crippen molar-refractivity contribution >= 4 is 5.91 Å². The first-order valence-electron chi connectivity index (χ1n) is 6.74. The maximum absolute atomic E-state index is 11.9. The fourth-order valence-corrected chi connectivity index (χ4v) is 2.14. The minimum absolute atomic E-state index is 0.0301. The van der Waals surface area contributed by atoms with Crippen molar-refractivity contribution in [2.24, 2.45) is 0 Å². The van der Waals surface area contributed by atoms with Crippen LogP contribution in [0.15, 0.2) is 54.6 Å². The lowest BCUT2D eigenvalue weighted by Crippen LogP contribution is -2.35. The van der Waals surface area contributed by atoms with E-state index in [2.05, 4.69) is 5.32 Å². The number of phenols is 1. The summed E-state index contributed by atoms with van der Waals surface area (Å²) in [6.45, 7) is 1.98. The molecule has 0 aliphatic carbocycles. The van der Waals surface area contributed by atoms with Crippen molar-refractivity contribution in [2.75, 3.05) is 0 Å². The van der Waals surface area contributed by atoms with Gasteiger partial charge in [-0.15, -0.1) is 0 Å². The monoisotopic (exact) mass is 269 g/mol. The van der Waals surface area contributed by atoms with Crippen molar-refractivity contribution in [2.45, 2.75) is 25.8 Å². The molecule has 0 aliphatic heterocycles. The summed E-state index contributed by atoms with van der Waals surface area (Å²) in [7, 11) is 0. The summed E-state index contributed by atoms with van der Waals surface area (Å²) in [5.74, 6) is 0.289. The Morgan fingerprint density at radius 1 is 1.05 bits per heavy atom. The van der Waals surface area contributed by atoms with Crippen LogP contribution in [0.25, 0.3) is 0 Å². The molecule has 0 heterocycles. The van der Waals surface area contributed by atoms with E-state index < -0.39 is 0 Å². The zero-order chi connectivity index (χ0) is 14.4. The van der Waals surface area contributed by atoms with Crippen molar-refractivity contribution in [3.63, 3.8) is 0 Å². The highest BCUT2D eigenvalue weighted by Gasteiger charge is 2.08. The van der Waals surface area contributed by atoms with Gasteiger partial charge in [-0.1, -0.05) is 42.5 Å². The zero-order valence-electron chi connectivity index (χ0n) is 11.5. The molecular formula is C17H19NO2. The quantitative estimate of drug-likeness (QED) is 0.876. The number of benzene rings is 2. The number of carbonyl (C=O) groups is 1. The molecule has 3 heteroatoms. The van der Waals surface area contributed by atoms with Crippen LogP contribution in [0.3, 0.4) is 0 Å². The van der Waals surface area contributed by atoms with Crippen LogP contribution in [-0.2, 0) is 17.6 Å². The van der Waals surface area contributed by atoms with Gasteiger partial charge in [-0.3, -0.25) is 4.79 Å². The first-order chi connectivity index (χ1) is 9.63. The van der Waals surface area contributed by atoms with Crippen molar-refractivity contribution in [1.29, 1.82) is 0 Å². The van der Waals surface area contributed by atoms with Gasteiger partial charge in [-0.05, 0) is 36.6 Å². The molecule has 0 bridgehead atoms. The van der Waals surface area contributed by atoms with Crippen LogP contribution in [0.1, 0.15) is 18.1 Å². The maximum Gasteiger partial charge on any atom is 0.224 e. The second kappa shape index (κ2) is 6.75. The lowest BCUT2D eigenvalue weighted by Gasteiger charge is -2.14. The predicted octanol–water partition coefficient (Wildman–Crippen LogP) is 2.68. The van der Waals surface area contributed by atoms with Crippen LogP contribution in [0, 0.1) is 0 Å². The first-order valence-corrected chi connectivity index (χ1v) is 6.74. The fourth-order valence-electron chi connectivity index (χ4n) is 2.14. The number of hydrogen-bond acceptors (Lipinski definition) is 2. The van der Waals surface area contributed by atoms with Gasteiger partial charge in [0, 0.05) is 6.04 Å². The molecule has 2 aromatic carbocycles. The second-order valence-electron chi connectivity index (χ2n) is 5.00. The van der Waals surface area contributed by atoms with Crippen molar-refractivity contribution < 1.29 is 9.90 Å². The Hall–Kier alpha value is -2.29. The Balaban J connectivity index is 1.83. The maximum atomic E-state index is 11.9. The minimum Gasteiger partial charge on any atom is -0.508 e. The number of amides is 1. The minimum atomic E-state index is 0.0301. The molecule has 0 saturated heterocycles. The fraction of sp³-hybridized carbons (Fsp3) is 0.235. The summed E-state index contributed by atoms with van der Waals surface area (Å²) in [6.07, 6.45) is 1.15. The van der Waals surface area contributed by atoms with Crippen LogP contribution >= 0.6 is 0 Å². The number of aromatic hydroxyl groups is 1. The molecule has 20 heavy (non-hydrogen) atoms. The van der Waals surface area contributed by atoms with E-state index in [-0.39, 0.29) is 17.7 Å². The Morgan fingerprint density at radius 2 is 1.70 bits per heavy atom. The number of phenolic OH excluding ortho intramolecular Hbond substituents is 1. The van der Waals surface area contributed by atoms with E-state index in [1.165, 1.54) is 0 Å². The van der Waals surface area contributed by atoms with E-state index in [9.17, 15) is 9.90 Å². The average molecular weight is 269 g/mol. The number of carbonyl (C=O) groups excluding carboxylic acids is 1. The van der Waals surface area contributed by atoms with E-state index in [1.54, 1.807) is 12.1 Å². The van der Waals surface area contributed by atoms with Gasteiger partial charge in [-0.2, -0.15) is 0 Å². The molecule has 0 radical (unpaired) electrons. The first kappa shape index (κ1) is 14.1. The molecule has 0 fully saturated rings. The van der Waals surface area contributed by atoms with Gasteiger partial charge in [0.05, 0.1) is 6.42 Å². The van der Waals surface area contributed by atoms with E-state index >= 15 is 0 Å². The van der Waals surface area contributed by atoms with Gasteiger partial charge < -0.3 is 10.4 Å². The summed E-state index contributed by atoms with van der Waals surface area (Å²) in [5.41, 5.74) is 2.11. The molecule has 2 aromatic rings. The Kier molecular flexibility index (Phi) is 4.77. The molecule has 0 saturated carbocycles. The molecule has 1 amide bonds. The molecule has 1 unspecified atom stereocenters. The third kappa shape index (κ3) is 4.43. The van der Waals surface area contributed by atoms with Gasteiger partial charge in [0.15, 0.2) is 0 Å². The van der Waals surface area contributed by atoms with Gasteiger partial charge in [-0.25, -0.2) is 0 Å². The Morgan fingerprint density at radius 3 is 2.35 bits per heavy atom. The highest BCUT2D eigenvalue weighted by atomic mass is 16.3. The smallest absolute Gasteiger partial charge is 0.224 e. The molecule has 3 nitrogen and oxygen atoms in total. The lowest BCUT2D eigenvalue weighted by atomic mass is 10.1. The Bertz CT molecular complexity index is 549. The normalized spacial score (nSPS) is 11.8. The molecule has 2 rings (SSSR count). The van der Waals surface area contributed by atoms with Gasteiger partial charge in [0.1, 0.15) is 5.75 Å². The molecule has 0 spiro atoms. The highest BCUT2D eigenvalue weighted by molar-refractivity contribution is 5.78. The summed E-state index contributed by atoms with van der Waals surface area (Å²) in [4.78, 5) is 11.9. The van der Waals surface area contributed by atoms with E-state index in [0.717, 1.165) is 17.5 Å². The number of nitrogens with one attached hydrogen (secondary N) is 1. The predicted molar refractivity (Wildman–Crippen MR) is 79.6 cm³/mol. The third-order valence-electron chi connectivity index (χ3n) is 3.09. The standard InChI is InChI=1S/C17H19NO2/c1-13(11-15-7-9-16(19)10-8-15)18-17(20)12-14-5-3-2-4-6-14/h2-10,13,19H,11-12H2,1H3,(H,18,20). The van der Waals surface area contributed by atoms with Crippen LogP contribution < -0.4 is 5.32 Å². The van der Waals surface area contributed by atoms with Crippen molar-refractivity contribution in [1.82, 2.24) is 5.32 Å². The van der Waals surface area contributed by atoms with E-state index in [1.807, 2.05) is 49.4 Å². The van der Waals surface area contributed by atoms with Crippen molar-refractivity contribution in [3.8, 4) is 5.75 Å². The summed E-state index contributed by atoms with van der Waals surface area (Å²) < 4.78 is 0. The number of hydrogen-bond donors (Lipinski definition) is 2. The molecule has 2 N–H and O–H groups in total. The largest absolute Gasteiger partial charge is 0.508 e. The average Bonchev–Trinajstić information content (AvgIpc) is 2.42. The Labute approximate surface area is 119 Å². The second-order valence-corrected chi connectivity index (χ2v) is 5.00. The third-order valence-corrected chi connectivity index (χ3v) is 3.09. The van der Waals surface area contributed by atoms with E-state index in [4.69, 9.17) is 0 Å².